The number of Topliss-reactive ketones (excluding diaryl/α,β-unsaturated/α-hetero) is 1. The smallest absolute Gasteiger partial charge is 0.220 e. The first-order valence-electron chi connectivity index (χ1n) is 8.56. The molecule has 0 aliphatic carbocycles. The average Bonchev–Trinajstić information content (AvgIpc) is 2.58. The Kier molecular flexibility index (Phi) is 6.78. The lowest BCUT2D eigenvalue weighted by atomic mass is 9.83. The molecule has 0 radical (unpaired) electrons. The van der Waals surface area contributed by atoms with E-state index in [0.717, 1.165) is 31.4 Å². The number of benzene rings is 1. The second-order valence-electron chi connectivity index (χ2n) is 6.74. The minimum absolute atomic E-state index is 0.00128. The maximum atomic E-state index is 12.3. The van der Waals surface area contributed by atoms with Crippen LogP contribution in [0.5, 0.6) is 0 Å². The van der Waals surface area contributed by atoms with Crippen LogP contribution in [0.3, 0.4) is 0 Å². The summed E-state index contributed by atoms with van der Waals surface area (Å²) in [6, 6.07) is 10.1. The highest BCUT2D eigenvalue weighted by Crippen LogP contribution is 2.31. The summed E-state index contributed by atoms with van der Waals surface area (Å²) in [5.41, 5.74) is 1.13. The zero-order chi connectivity index (χ0) is 16.7. The monoisotopic (exact) mass is 316 g/mol. The standard InChI is InChI=1S/C19H28N2O2/c1-14(22)10-16-11-15(13-20-2)8-9-19(23)21-18(12-16)17-6-4-3-5-7-17/h3-7,15-16,18,20H,8-13H2,1-2H3,(H,21,23). The fourth-order valence-corrected chi connectivity index (χ4v) is 3.63. The predicted molar refractivity (Wildman–Crippen MR) is 92.0 cm³/mol. The Morgan fingerprint density at radius 1 is 1.22 bits per heavy atom. The Morgan fingerprint density at radius 3 is 2.61 bits per heavy atom. The van der Waals surface area contributed by atoms with Gasteiger partial charge in [0.1, 0.15) is 5.78 Å². The van der Waals surface area contributed by atoms with Crippen LogP contribution in [0.4, 0.5) is 0 Å². The van der Waals surface area contributed by atoms with Gasteiger partial charge in [0, 0.05) is 12.8 Å². The SMILES string of the molecule is CNCC1CCC(=O)NC(c2ccccc2)CC(CC(C)=O)C1. The fourth-order valence-electron chi connectivity index (χ4n) is 3.63. The van der Waals surface area contributed by atoms with Crippen LogP contribution in [-0.4, -0.2) is 25.3 Å². The summed E-state index contributed by atoms with van der Waals surface area (Å²) in [4.78, 5) is 23.9. The van der Waals surface area contributed by atoms with E-state index in [0.29, 0.717) is 24.7 Å². The van der Waals surface area contributed by atoms with Gasteiger partial charge in [0.05, 0.1) is 6.04 Å². The molecule has 0 saturated carbocycles. The Hall–Kier alpha value is -1.68. The lowest BCUT2D eigenvalue weighted by Gasteiger charge is -2.25. The van der Waals surface area contributed by atoms with Crippen LogP contribution in [-0.2, 0) is 9.59 Å². The number of amides is 1. The summed E-state index contributed by atoms with van der Waals surface area (Å²) >= 11 is 0. The third-order valence-corrected chi connectivity index (χ3v) is 4.62. The van der Waals surface area contributed by atoms with Gasteiger partial charge < -0.3 is 15.4 Å². The number of hydrogen-bond donors (Lipinski definition) is 2. The Labute approximate surface area is 139 Å². The highest BCUT2D eigenvalue weighted by Gasteiger charge is 2.26. The van der Waals surface area contributed by atoms with Crippen LogP contribution < -0.4 is 10.6 Å². The summed E-state index contributed by atoms with van der Waals surface area (Å²) in [7, 11) is 1.94. The fraction of sp³-hybridized carbons (Fsp3) is 0.579. The molecule has 1 aromatic carbocycles. The van der Waals surface area contributed by atoms with Gasteiger partial charge >= 0.3 is 0 Å². The summed E-state index contributed by atoms with van der Waals surface area (Å²) < 4.78 is 0. The molecule has 3 unspecified atom stereocenters. The topological polar surface area (TPSA) is 58.2 Å². The molecule has 2 N–H and O–H groups in total. The average molecular weight is 316 g/mol. The third-order valence-electron chi connectivity index (χ3n) is 4.62. The van der Waals surface area contributed by atoms with Crippen LogP contribution in [0.2, 0.25) is 0 Å². The molecule has 2 rings (SSSR count). The molecule has 1 aliphatic rings. The van der Waals surface area contributed by atoms with Crippen molar-refractivity contribution in [3.63, 3.8) is 0 Å². The van der Waals surface area contributed by atoms with E-state index < -0.39 is 0 Å². The predicted octanol–water partition coefficient (Wildman–Crippen LogP) is 2.85. The number of rotatable bonds is 5. The highest BCUT2D eigenvalue weighted by atomic mass is 16.1. The van der Waals surface area contributed by atoms with Crippen molar-refractivity contribution in [1.82, 2.24) is 10.6 Å². The van der Waals surface area contributed by atoms with Gasteiger partial charge in [-0.3, -0.25) is 4.79 Å². The molecule has 126 valence electrons. The molecule has 4 heteroatoms. The zero-order valence-corrected chi connectivity index (χ0v) is 14.2. The molecular weight excluding hydrogens is 288 g/mol. The second kappa shape index (κ2) is 8.82. The van der Waals surface area contributed by atoms with Crippen LogP contribution in [0, 0.1) is 11.8 Å². The van der Waals surface area contributed by atoms with Gasteiger partial charge in [-0.25, -0.2) is 0 Å². The van der Waals surface area contributed by atoms with E-state index in [4.69, 9.17) is 0 Å². The normalized spacial score (nSPS) is 25.8. The number of carbonyl (C=O) groups is 2. The van der Waals surface area contributed by atoms with Crippen molar-refractivity contribution in [3.8, 4) is 0 Å². The van der Waals surface area contributed by atoms with E-state index in [1.54, 1.807) is 6.92 Å². The second-order valence-corrected chi connectivity index (χ2v) is 6.74. The van der Waals surface area contributed by atoms with Gasteiger partial charge in [0.15, 0.2) is 0 Å². The quantitative estimate of drug-likeness (QED) is 0.878. The van der Waals surface area contributed by atoms with Crippen molar-refractivity contribution in [2.75, 3.05) is 13.6 Å². The minimum atomic E-state index is 0.00128. The molecule has 1 fully saturated rings. The summed E-state index contributed by atoms with van der Waals surface area (Å²) in [5, 5.41) is 6.39. The van der Waals surface area contributed by atoms with Crippen molar-refractivity contribution in [2.24, 2.45) is 11.8 Å². The van der Waals surface area contributed by atoms with Crippen molar-refractivity contribution in [2.45, 2.75) is 45.1 Å². The lowest BCUT2D eigenvalue weighted by Crippen LogP contribution is -2.29. The number of nitrogens with one attached hydrogen (secondary N) is 2. The van der Waals surface area contributed by atoms with Gasteiger partial charge in [-0.15, -0.1) is 0 Å². The molecule has 23 heavy (non-hydrogen) atoms. The van der Waals surface area contributed by atoms with Crippen molar-refractivity contribution < 1.29 is 9.59 Å². The third kappa shape index (κ3) is 5.79. The molecule has 1 aromatic rings. The van der Waals surface area contributed by atoms with E-state index >= 15 is 0 Å². The molecule has 1 aliphatic heterocycles. The van der Waals surface area contributed by atoms with E-state index in [1.165, 1.54) is 0 Å². The molecule has 4 nitrogen and oxygen atoms in total. The van der Waals surface area contributed by atoms with E-state index in [9.17, 15) is 9.59 Å². The summed E-state index contributed by atoms with van der Waals surface area (Å²) in [5.74, 6) is 1.11. The van der Waals surface area contributed by atoms with Gasteiger partial charge in [-0.05, 0) is 57.2 Å². The first-order valence-corrected chi connectivity index (χ1v) is 8.56. The number of carbonyl (C=O) groups excluding carboxylic acids is 2. The Balaban J connectivity index is 2.19. The lowest BCUT2D eigenvalue weighted by molar-refractivity contribution is -0.122. The molecule has 1 saturated heterocycles. The van der Waals surface area contributed by atoms with Crippen LogP contribution in [0.1, 0.15) is 50.6 Å². The largest absolute Gasteiger partial charge is 0.349 e. The van der Waals surface area contributed by atoms with Crippen molar-refractivity contribution in [1.29, 1.82) is 0 Å². The molecule has 1 amide bonds. The van der Waals surface area contributed by atoms with Crippen LogP contribution in [0.15, 0.2) is 30.3 Å². The molecular formula is C19H28N2O2. The van der Waals surface area contributed by atoms with Gasteiger partial charge in [0.2, 0.25) is 5.91 Å². The molecule has 3 atom stereocenters. The summed E-state index contributed by atoms with van der Waals surface area (Å²) in [6.45, 7) is 2.56. The van der Waals surface area contributed by atoms with Crippen LogP contribution in [0.25, 0.3) is 0 Å². The number of ketones is 1. The van der Waals surface area contributed by atoms with Crippen molar-refractivity contribution in [3.05, 3.63) is 35.9 Å². The number of hydrogen-bond acceptors (Lipinski definition) is 3. The van der Waals surface area contributed by atoms with Crippen molar-refractivity contribution >= 4 is 11.7 Å². The zero-order valence-electron chi connectivity index (χ0n) is 14.2. The molecule has 0 aromatic heterocycles. The first-order chi connectivity index (χ1) is 11.1. The minimum Gasteiger partial charge on any atom is -0.349 e. The van der Waals surface area contributed by atoms with Gasteiger partial charge in [-0.2, -0.15) is 0 Å². The Morgan fingerprint density at radius 2 is 1.96 bits per heavy atom. The van der Waals surface area contributed by atoms with Gasteiger partial charge in [0.25, 0.3) is 0 Å². The summed E-state index contributed by atoms with van der Waals surface area (Å²) in [6.07, 6.45) is 3.86. The van der Waals surface area contributed by atoms with E-state index in [1.807, 2.05) is 25.2 Å². The molecule has 0 spiro atoms. The Bertz CT molecular complexity index is 515. The van der Waals surface area contributed by atoms with Crippen LogP contribution >= 0.6 is 0 Å². The van der Waals surface area contributed by atoms with E-state index in [2.05, 4.69) is 22.8 Å². The first kappa shape index (κ1) is 17.7. The maximum absolute atomic E-state index is 12.3. The maximum Gasteiger partial charge on any atom is 0.220 e. The van der Waals surface area contributed by atoms with E-state index in [-0.39, 0.29) is 17.7 Å². The molecule has 0 bridgehead atoms. The van der Waals surface area contributed by atoms with Gasteiger partial charge in [-0.1, -0.05) is 30.3 Å². The highest BCUT2D eigenvalue weighted by molar-refractivity contribution is 5.77. The molecule has 1 heterocycles.